The summed E-state index contributed by atoms with van der Waals surface area (Å²) in [6.07, 6.45) is 5.47. The predicted octanol–water partition coefficient (Wildman–Crippen LogP) is 0.667. The van der Waals surface area contributed by atoms with E-state index in [0.29, 0.717) is 6.42 Å². The maximum absolute atomic E-state index is 11.3. The summed E-state index contributed by atoms with van der Waals surface area (Å²) >= 11 is 0. The average Bonchev–Trinajstić information content (AvgIpc) is 2.86. The molecule has 6 heteroatoms. The molecule has 2 heterocycles. The van der Waals surface area contributed by atoms with Crippen LogP contribution in [0, 0.1) is 0 Å². The van der Waals surface area contributed by atoms with E-state index in [1.807, 2.05) is 6.08 Å². The van der Waals surface area contributed by atoms with Gasteiger partial charge in [0.05, 0.1) is 12.7 Å². The first kappa shape index (κ1) is 12.6. The maximum atomic E-state index is 11.3. The third-order valence-electron chi connectivity index (χ3n) is 2.90. The second-order valence-electron chi connectivity index (χ2n) is 4.15. The normalized spacial score (nSPS) is 32.9. The Kier molecular flexibility index (Phi) is 3.38. The van der Waals surface area contributed by atoms with Crippen molar-refractivity contribution in [3.63, 3.8) is 0 Å². The molecular weight excluding hydrogens is 238 g/mol. The lowest BCUT2D eigenvalue weighted by atomic mass is 9.88. The van der Waals surface area contributed by atoms with Gasteiger partial charge in [0, 0.05) is 12.5 Å². The number of carbonyl (C=O) groups excluding carboxylic acids is 2. The molecule has 0 aliphatic carbocycles. The Bertz CT molecular complexity index is 417. The van der Waals surface area contributed by atoms with Crippen molar-refractivity contribution in [2.24, 2.45) is 5.73 Å². The Morgan fingerprint density at radius 1 is 1.56 bits per heavy atom. The average molecular weight is 253 g/mol. The Hall–Kier alpha value is -1.82. The molecule has 1 saturated heterocycles. The minimum atomic E-state index is -1.00. The van der Waals surface area contributed by atoms with E-state index in [0.717, 1.165) is 0 Å². The zero-order chi connectivity index (χ0) is 13.2. The van der Waals surface area contributed by atoms with E-state index in [9.17, 15) is 9.59 Å². The summed E-state index contributed by atoms with van der Waals surface area (Å²) in [6.45, 7) is 2.00. The number of hydrogen-bond acceptors (Lipinski definition) is 5. The summed E-state index contributed by atoms with van der Waals surface area (Å²) in [4.78, 5) is 22.3. The highest BCUT2D eigenvalue weighted by molar-refractivity contribution is 5.82. The SMILES string of the molecule is CCOC(=O)/C=C/[C@@]1(OC(N)=O)C[C@H]2C=C[C@@H]1O2. The number of amides is 1. The number of esters is 1. The van der Waals surface area contributed by atoms with Crippen LogP contribution in [-0.4, -0.2) is 36.5 Å². The molecule has 18 heavy (non-hydrogen) atoms. The fraction of sp³-hybridized carbons (Fsp3) is 0.500. The van der Waals surface area contributed by atoms with Crippen LogP contribution in [0.2, 0.25) is 0 Å². The van der Waals surface area contributed by atoms with Crippen molar-refractivity contribution in [3.05, 3.63) is 24.3 Å². The Balaban J connectivity index is 2.14. The van der Waals surface area contributed by atoms with Gasteiger partial charge in [0.2, 0.25) is 0 Å². The van der Waals surface area contributed by atoms with Gasteiger partial charge in [0.15, 0.2) is 5.60 Å². The predicted molar refractivity (Wildman–Crippen MR) is 61.6 cm³/mol. The van der Waals surface area contributed by atoms with Crippen LogP contribution in [0.1, 0.15) is 13.3 Å². The largest absolute Gasteiger partial charge is 0.463 e. The molecule has 3 atom stereocenters. The van der Waals surface area contributed by atoms with Crippen LogP contribution >= 0.6 is 0 Å². The molecule has 2 bridgehead atoms. The standard InChI is InChI=1S/C12H15NO5/c1-2-16-10(14)5-6-12(18-11(13)15)7-8-3-4-9(12)17-8/h3-6,8-9H,2,7H2,1H3,(H2,13,15)/b6-5+/t8-,9+,12-/m1/s1. The Morgan fingerprint density at radius 3 is 2.83 bits per heavy atom. The molecule has 0 aromatic heterocycles. The molecule has 1 fully saturated rings. The topological polar surface area (TPSA) is 87.9 Å². The number of fused-ring (bicyclic) bond motifs is 2. The van der Waals surface area contributed by atoms with Gasteiger partial charge in [-0.25, -0.2) is 9.59 Å². The van der Waals surface area contributed by atoms with Crippen LogP contribution in [0.5, 0.6) is 0 Å². The fourth-order valence-electron chi connectivity index (χ4n) is 2.21. The first-order valence-corrected chi connectivity index (χ1v) is 5.74. The summed E-state index contributed by atoms with van der Waals surface area (Å²) in [6, 6.07) is 0. The van der Waals surface area contributed by atoms with Crippen molar-refractivity contribution >= 4 is 12.1 Å². The Labute approximate surface area is 104 Å². The van der Waals surface area contributed by atoms with Crippen LogP contribution in [0.4, 0.5) is 4.79 Å². The molecule has 0 radical (unpaired) electrons. The zero-order valence-electron chi connectivity index (χ0n) is 10.00. The van der Waals surface area contributed by atoms with Gasteiger partial charge in [-0.15, -0.1) is 0 Å². The molecule has 0 spiro atoms. The summed E-state index contributed by atoms with van der Waals surface area (Å²) in [7, 11) is 0. The lowest BCUT2D eigenvalue weighted by molar-refractivity contribution is -0.137. The van der Waals surface area contributed by atoms with Gasteiger partial charge in [-0.3, -0.25) is 0 Å². The van der Waals surface area contributed by atoms with Crippen molar-refractivity contribution in [2.45, 2.75) is 31.2 Å². The number of hydrogen-bond donors (Lipinski definition) is 1. The monoisotopic (exact) mass is 253 g/mol. The molecule has 2 aliphatic rings. The minimum absolute atomic E-state index is 0.110. The molecule has 0 aromatic carbocycles. The lowest BCUT2D eigenvalue weighted by Crippen LogP contribution is -2.42. The van der Waals surface area contributed by atoms with Crippen molar-refractivity contribution in [2.75, 3.05) is 6.61 Å². The van der Waals surface area contributed by atoms with Crippen molar-refractivity contribution < 1.29 is 23.8 Å². The number of rotatable bonds is 4. The number of nitrogens with two attached hydrogens (primary N) is 1. The van der Waals surface area contributed by atoms with E-state index in [4.69, 9.17) is 19.9 Å². The van der Waals surface area contributed by atoms with Crippen molar-refractivity contribution in [3.8, 4) is 0 Å². The Morgan fingerprint density at radius 2 is 2.33 bits per heavy atom. The van der Waals surface area contributed by atoms with Gasteiger partial charge >= 0.3 is 12.1 Å². The van der Waals surface area contributed by atoms with Crippen LogP contribution in [0.3, 0.4) is 0 Å². The van der Waals surface area contributed by atoms with Gasteiger partial charge in [-0.2, -0.15) is 0 Å². The highest BCUT2D eigenvalue weighted by Crippen LogP contribution is 2.40. The molecule has 0 aromatic rings. The first-order chi connectivity index (χ1) is 8.55. The molecular formula is C12H15NO5. The van der Waals surface area contributed by atoms with Gasteiger partial charge < -0.3 is 19.9 Å². The van der Waals surface area contributed by atoms with Crippen molar-refractivity contribution in [1.29, 1.82) is 0 Å². The fourth-order valence-corrected chi connectivity index (χ4v) is 2.21. The number of carbonyl (C=O) groups is 2. The second kappa shape index (κ2) is 4.81. The summed E-state index contributed by atoms with van der Waals surface area (Å²) < 4.78 is 15.4. The summed E-state index contributed by atoms with van der Waals surface area (Å²) in [5.74, 6) is -0.489. The summed E-state index contributed by atoms with van der Waals surface area (Å²) in [5, 5.41) is 0. The molecule has 2 rings (SSSR count). The van der Waals surface area contributed by atoms with Crippen molar-refractivity contribution in [1.82, 2.24) is 0 Å². The highest BCUT2D eigenvalue weighted by atomic mass is 16.6. The maximum Gasteiger partial charge on any atom is 0.405 e. The molecule has 98 valence electrons. The molecule has 2 aliphatic heterocycles. The van der Waals surface area contributed by atoms with Crippen LogP contribution in [0.15, 0.2) is 24.3 Å². The molecule has 6 nitrogen and oxygen atoms in total. The molecule has 1 amide bonds. The molecule has 2 N–H and O–H groups in total. The first-order valence-electron chi connectivity index (χ1n) is 5.74. The van der Waals surface area contributed by atoms with Gasteiger partial charge in [-0.1, -0.05) is 12.2 Å². The van der Waals surface area contributed by atoms with E-state index >= 15 is 0 Å². The third-order valence-corrected chi connectivity index (χ3v) is 2.90. The van der Waals surface area contributed by atoms with E-state index in [1.54, 1.807) is 13.0 Å². The smallest absolute Gasteiger partial charge is 0.405 e. The van der Waals surface area contributed by atoms with Crippen LogP contribution in [0.25, 0.3) is 0 Å². The quantitative estimate of drug-likeness (QED) is 0.452. The number of ether oxygens (including phenoxy) is 3. The van der Waals surface area contributed by atoms with E-state index < -0.39 is 23.8 Å². The van der Waals surface area contributed by atoms with Gasteiger partial charge in [0.25, 0.3) is 0 Å². The second-order valence-corrected chi connectivity index (χ2v) is 4.15. The molecule has 0 saturated carbocycles. The minimum Gasteiger partial charge on any atom is -0.463 e. The number of primary amides is 1. The van der Waals surface area contributed by atoms with Crippen LogP contribution < -0.4 is 5.73 Å². The lowest BCUT2D eigenvalue weighted by Gasteiger charge is -2.28. The van der Waals surface area contributed by atoms with E-state index in [2.05, 4.69) is 0 Å². The van der Waals surface area contributed by atoms with E-state index in [-0.39, 0.29) is 12.7 Å². The third kappa shape index (κ3) is 2.38. The highest BCUT2D eigenvalue weighted by Gasteiger charge is 2.51. The van der Waals surface area contributed by atoms with Crippen LogP contribution in [-0.2, 0) is 19.0 Å². The zero-order valence-corrected chi connectivity index (χ0v) is 10.00. The summed E-state index contributed by atoms with van der Waals surface area (Å²) in [5.41, 5.74) is 4.06. The molecule has 0 unspecified atom stereocenters. The van der Waals surface area contributed by atoms with Gasteiger partial charge in [-0.05, 0) is 13.0 Å². The van der Waals surface area contributed by atoms with E-state index in [1.165, 1.54) is 12.2 Å². The van der Waals surface area contributed by atoms with Gasteiger partial charge in [0.1, 0.15) is 6.10 Å².